The smallest absolute Gasteiger partial charge is 0.263 e. The van der Waals surface area contributed by atoms with Crippen molar-refractivity contribution < 1.29 is 9.32 Å². The van der Waals surface area contributed by atoms with Gasteiger partial charge >= 0.3 is 0 Å². The number of carbonyl (C=O) groups is 1. The molecule has 25 heavy (non-hydrogen) atoms. The lowest BCUT2D eigenvalue weighted by Gasteiger charge is -2.33. The topological polar surface area (TPSA) is 72.1 Å². The lowest BCUT2D eigenvalue weighted by molar-refractivity contribution is 0.0911. The van der Waals surface area contributed by atoms with Crippen molar-refractivity contribution in [1.82, 2.24) is 15.1 Å². The molecule has 0 aliphatic carbocycles. The first-order chi connectivity index (χ1) is 12.0. The number of carbonyl (C=O) groups excluding carboxylic acids is 1. The first-order valence-electron chi connectivity index (χ1n) is 8.48. The highest BCUT2D eigenvalue weighted by Gasteiger charge is 2.30. The molecule has 0 aromatic carbocycles. The Labute approximate surface area is 149 Å². The molecule has 1 fully saturated rings. The molecule has 1 saturated heterocycles. The van der Waals surface area contributed by atoms with E-state index < -0.39 is 0 Å². The van der Waals surface area contributed by atoms with Crippen LogP contribution in [0.2, 0.25) is 0 Å². The van der Waals surface area contributed by atoms with Gasteiger partial charge in [-0.15, -0.1) is 11.3 Å². The summed E-state index contributed by atoms with van der Waals surface area (Å²) in [7, 11) is 0. The monoisotopic (exact) mass is 356 g/mol. The van der Waals surface area contributed by atoms with Gasteiger partial charge in [-0.1, -0.05) is 5.16 Å². The van der Waals surface area contributed by atoms with Gasteiger partial charge < -0.3 is 9.42 Å². The van der Waals surface area contributed by atoms with Crippen LogP contribution in [0.4, 0.5) is 5.82 Å². The number of rotatable bonds is 3. The summed E-state index contributed by atoms with van der Waals surface area (Å²) in [5, 5.41) is 6.87. The van der Waals surface area contributed by atoms with Crippen molar-refractivity contribution in [3.63, 3.8) is 0 Å². The lowest BCUT2D eigenvalue weighted by Crippen LogP contribution is -2.39. The average molecular weight is 356 g/mol. The first-order valence-corrected chi connectivity index (χ1v) is 9.36. The van der Waals surface area contributed by atoms with Crippen molar-refractivity contribution in [1.29, 1.82) is 0 Å². The van der Waals surface area contributed by atoms with Crippen molar-refractivity contribution in [2.24, 2.45) is 5.92 Å². The number of thiophene rings is 1. The Kier molecular flexibility index (Phi) is 4.03. The molecule has 7 heteroatoms. The molecule has 0 N–H and O–H groups in total. The van der Waals surface area contributed by atoms with Crippen LogP contribution in [0.3, 0.4) is 0 Å². The van der Waals surface area contributed by atoms with Crippen LogP contribution in [-0.2, 0) is 0 Å². The number of anilines is 1. The predicted molar refractivity (Wildman–Crippen MR) is 97.4 cm³/mol. The fourth-order valence-corrected chi connectivity index (χ4v) is 4.44. The molecule has 0 saturated carbocycles. The van der Waals surface area contributed by atoms with Crippen LogP contribution in [0.15, 0.2) is 16.0 Å². The third kappa shape index (κ3) is 2.82. The van der Waals surface area contributed by atoms with E-state index in [4.69, 9.17) is 4.52 Å². The minimum Gasteiger partial charge on any atom is -0.355 e. The van der Waals surface area contributed by atoms with E-state index in [-0.39, 0.29) is 11.7 Å². The van der Waals surface area contributed by atoms with E-state index in [2.05, 4.69) is 20.0 Å². The van der Waals surface area contributed by atoms with Gasteiger partial charge in [0.15, 0.2) is 5.78 Å². The zero-order valence-corrected chi connectivity index (χ0v) is 15.4. The van der Waals surface area contributed by atoms with E-state index in [9.17, 15) is 4.79 Å². The van der Waals surface area contributed by atoms with E-state index in [0.29, 0.717) is 18.1 Å². The van der Waals surface area contributed by atoms with E-state index in [1.54, 1.807) is 0 Å². The third-order valence-electron chi connectivity index (χ3n) is 4.78. The molecular formula is C18H20N4O2S. The highest BCUT2D eigenvalue weighted by molar-refractivity contribution is 7.12. The summed E-state index contributed by atoms with van der Waals surface area (Å²) >= 11 is 1.54. The summed E-state index contributed by atoms with van der Waals surface area (Å²) < 4.78 is 5.32. The van der Waals surface area contributed by atoms with Crippen LogP contribution in [-0.4, -0.2) is 34.0 Å². The Balaban J connectivity index is 1.67. The number of aromatic nitrogens is 3. The van der Waals surface area contributed by atoms with Gasteiger partial charge in [0.05, 0.1) is 10.6 Å². The van der Waals surface area contributed by atoms with Crippen LogP contribution in [0.5, 0.6) is 0 Å². The number of hydrogen-bond donors (Lipinski definition) is 0. The number of Topliss-reactive ketones (excluding diaryl/α,β-unsaturated/α-hetero) is 1. The Hall–Kier alpha value is -2.28. The number of hydrogen-bond acceptors (Lipinski definition) is 7. The summed E-state index contributed by atoms with van der Waals surface area (Å²) in [5.74, 6) is 1.74. The molecule has 0 spiro atoms. The molecule has 3 aromatic heterocycles. The Morgan fingerprint density at radius 3 is 2.92 bits per heavy atom. The van der Waals surface area contributed by atoms with Crippen molar-refractivity contribution in [3.05, 3.63) is 33.4 Å². The summed E-state index contributed by atoms with van der Waals surface area (Å²) in [6.07, 6.45) is 1.89. The van der Waals surface area contributed by atoms with E-state index in [0.717, 1.165) is 46.7 Å². The van der Waals surface area contributed by atoms with E-state index >= 15 is 0 Å². The number of ketones is 1. The minimum absolute atomic E-state index is 0.00316. The van der Waals surface area contributed by atoms with Gasteiger partial charge in [0.1, 0.15) is 17.0 Å². The van der Waals surface area contributed by atoms with Crippen LogP contribution in [0.25, 0.3) is 11.1 Å². The second-order valence-electron chi connectivity index (χ2n) is 6.62. The Morgan fingerprint density at radius 2 is 2.16 bits per heavy atom. The number of aryl methyl sites for hydroxylation is 3. The Bertz CT molecular complexity index is 946. The summed E-state index contributed by atoms with van der Waals surface area (Å²) in [6.45, 7) is 7.30. The predicted octanol–water partition coefficient (Wildman–Crippen LogP) is 3.70. The number of fused-ring (bicyclic) bond motifs is 1. The van der Waals surface area contributed by atoms with E-state index in [1.807, 2.05) is 32.2 Å². The van der Waals surface area contributed by atoms with Crippen molar-refractivity contribution >= 4 is 34.0 Å². The molecule has 130 valence electrons. The SMILES string of the molecule is Cc1nc(N2CCC[C@H](C(=O)c3sccc3C)C2)c2c(C)noc2n1. The molecule has 0 bridgehead atoms. The van der Waals surface area contributed by atoms with Gasteiger partial charge in [0, 0.05) is 19.0 Å². The highest BCUT2D eigenvalue weighted by Crippen LogP contribution is 2.32. The van der Waals surface area contributed by atoms with E-state index in [1.165, 1.54) is 11.3 Å². The molecule has 3 aromatic rings. The summed E-state index contributed by atoms with van der Waals surface area (Å²) in [5.41, 5.74) is 2.37. The molecule has 4 rings (SSSR count). The third-order valence-corrected chi connectivity index (χ3v) is 5.81. The molecule has 0 unspecified atom stereocenters. The minimum atomic E-state index is -0.00316. The fourth-order valence-electron chi connectivity index (χ4n) is 3.50. The summed E-state index contributed by atoms with van der Waals surface area (Å²) in [4.78, 5) is 25.0. The maximum Gasteiger partial charge on any atom is 0.263 e. The largest absolute Gasteiger partial charge is 0.355 e. The van der Waals surface area contributed by atoms with Crippen LogP contribution in [0, 0.1) is 26.7 Å². The van der Waals surface area contributed by atoms with Gasteiger partial charge in [0.2, 0.25) is 0 Å². The molecule has 1 aliphatic rings. The van der Waals surface area contributed by atoms with Crippen molar-refractivity contribution in [2.45, 2.75) is 33.6 Å². The van der Waals surface area contributed by atoms with Crippen molar-refractivity contribution in [3.8, 4) is 0 Å². The molecule has 0 amide bonds. The summed E-state index contributed by atoms with van der Waals surface area (Å²) in [6, 6.07) is 2.01. The number of nitrogens with zero attached hydrogens (tertiary/aromatic N) is 4. The first kappa shape index (κ1) is 16.2. The second-order valence-corrected chi connectivity index (χ2v) is 7.54. The standard InChI is InChI=1S/C18H20N4O2S/c1-10-6-8-25-16(10)15(23)13-5-4-7-22(9-13)17-14-11(2)21-24-18(14)20-12(3)19-17/h6,8,13H,4-5,7,9H2,1-3H3/t13-/m0/s1. The quantitative estimate of drug-likeness (QED) is 0.666. The molecule has 1 aliphatic heterocycles. The normalized spacial score (nSPS) is 18.0. The average Bonchev–Trinajstić information content (AvgIpc) is 3.19. The van der Waals surface area contributed by atoms with Gasteiger partial charge in [0.25, 0.3) is 5.71 Å². The van der Waals surface area contributed by atoms with Crippen molar-refractivity contribution in [2.75, 3.05) is 18.0 Å². The van der Waals surface area contributed by atoms with Crippen LogP contribution >= 0.6 is 11.3 Å². The second kappa shape index (κ2) is 6.22. The number of piperidine rings is 1. The maximum absolute atomic E-state index is 12.9. The molecule has 1 atom stereocenters. The zero-order valence-electron chi connectivity index (χ0n) is 14.6. The lowest BCUT2D eigenvalue weighted by atomic mass is 9.92. The molecule has 6 nitrogen and oxygen atoms in total. The van der Waals surface area contributed by atoms with Crippen LogP contribution in [0.1, 0.15) is 39.6 Å². The van der Waals surface area contributed by atoms with Gasteiger partial charge in [-0.2, -0.15) is 4.98 Å². The zero-order chi connectivity index (χ0) is 17.6. The van der Waals surface area contributed by atoms with Gasteiger partial charge in [-0.05, 0) is 50.6 Å². The van der Waals surface area contributed by atoms with Gasteiger partial charge in [-0.25, -0.2) is 4.98 Å². The fraction of sp³-hybridized carbons (Fsp3) is 0.444. The van der Waals surface area contributed by atoms with Gasteiger partial charge in [-0.3, -0.25) is 4.79 Å². The molecule has 4 heterocycles. The molecule has 0 radical (unpaired) electrons. The highest BCUT2D eigenvalue weighted by atomic mass is 32.1. The maximum atomic E-state index is 12.9. The van der Waals surface area contributed by atoms with Crippen LogP contribution < -0.4 is 4.90 Å². The Morgan fingerprint density at radius 1 is 1.32 bits per heavy atom. The molecular weight excluding hydrogens is 336 g/mol.